The summed E-state index contributed by atoms with van der Waals surface area (Å²) >= 11 is 0. The number of fused-ring (bicyclic) bond motifs is 1. The molecule has 0 saturated heterocycles. The highest BCUT2D eigenvalue weighted by Crippen LogP contribution is 2.21. The Morgan fingerprint density at radius 3 is 2.50 bits per heavy atom. The molecule has 1 atom stereocenters. The largest absolute Gasteiger partial charge is 0.350 e. The highest BCUT2D eigenvalue weighted by molar-refractivity contribution is 5.94. The molecule has 0 spiro atoms. The lowest BCUT2D eigenvalue weighted by Gasteiger charge is -2.34. The van der Waals surface area contributed by atoms with Gasteiger partial charge in [0.05, 0.1) is 0 Å². The first-order chi connectivity index (χ1) is 13.6. The number of nitrogens with one attached hydrogen (secondary N) is 2. The summed E-state index contributed by atoms with van der Waals surface area (Å²) in [6.07, 6.45) is 0.885. The number of aromatic nitrogens is 1. The summed E-state index contributed by atoms with van der Waals surface area (Å²) in [6.45, 7) is 1.37. The molecule has 5 heteroatoms. The smallest absolute Gasteiger partial charge is 0.261 e. The highest BCUT2D eigenvalue weighted by Gasteiger charge is 2.23. The number of rotatable bonds is 4. The van der Waals surface area contributed by atoms with Gasteiger partial charge in [-0.15, -0.1) is 0 Å². The molecular formula is C23H23N3O2. The molecule has 5 nitrogen and oxygen atoms in total. The van der Waals surface area contributed by atoms with Crippen molar-refractivity contribution in [2.75, 3.05) is 13.6 Å². The number of pyridine rings is 1. The van der Waals surface area contributed by atoms with E-state index in [9.17, 15) is 9.59 Å². The SMILES string of the molecule is CN1Cc2ccccc2CC1CNC(=O)c1ccc(-c2ccccc2)[nH]c1=O. The average molecular weight is 373 g/mol. The summed E-state index contributed by atoms with van der Waals surface area (Å²) in [6, 6.07) is 21.5. The predicted octanol–water partition coefficient (Wildman–Crippen LogP) is 2.83. The number of likely N-dealkylation sites (N-methyl/N-ethyl adjacent to an activating group) is 1. The Kier molecular flexibility index (Phi) is 5.08. The first-order valence-electron chi connectivity index (χ1n) is 9.46. The predicted molar refractivity (Wildman–Crippen MR) is 110 cm³/mol. The lowest BCUT2D eigenvalue weighted by molar-refractivity contribution is 0.0933. The van der Waals surface area contributed by atoms with Gasteiger partial charge in [0.15, 0.2) is 0 Å². The quantitative estimate of drug-likeness (QED) is 0.739. The fraction of sp³-hybridized carbons (Fsp3) is 0.217. The Hall–Kier alpha value is -3.18. The maximum atomic E-state index is 12.6. The van der Waals surface area contributed by atoms with Crippen LogP contribution in [-0.4, -0.2) is 35.4 Å². The minimum Gasteiger partial charge on any atom is -0.350 e. The van der Waals surface area contributed by atoms with Crippen LogP contribution in [0.1, 0.15) is 21.5 Å². The Morgan fingerprint density at radius 1 is 1.04 bits per heavy atom. The minimum absolute atomic E-state index is 0.138. The summed E-state index contributed by atoms with van der Waals surface area (Å²) in [5, 5.41) is 2.93. The number of hydrogen-bond acceptors (Lipinski definition) is 3. The standard InChI is InChI=1S/C23H23N3O2/c1-26-15-18-10-6-5-9-17(18)13-19(26)14-24-22(27)20-11-12-21(25-23(20)28)16-7-3-2-4-8-16/h2-12,19H,13-15H2,1H3,(H,24,27)(H,25,28). The lowest BCUT2D eigenvalue weighted by Crippen LogP contribution is -2.46. The molecule has 1 amide bonds. The number of aromatic amines is 1. The normalized spacial score (nSPS) is 16.4. The third-order valence-electron chi connectivity index (χ3n) is 5.35. The molecule has 2 N–H and O–H groups in total. The van der Waals surface area contributed by atoms with Gasteiger partial charge in [-0.1, -0.05) is 54.6 Å². The van der Waals surface area contributed by atoms with E-state index in [2.05, 4.69) is 40.4 Å². The van der Waals surface area contributed by atoms with Crippen molar-refractivity contribution in [2.45, 2.75) is 19.0 Å². The summed E-state index contributed by atoms with van der Waals surface area (Å²) in [5.74, 6) is -0.340. The monoisotopic (exact) mass is 373 g/mol. The average Bonchev–Trinajstić information content (AvgIpc) is 2.72. The van der Waals surface area contributed by atoms with Gasteiger partial charge in [-0.3, -0.25) is 14.5 Å². The van der Waals surface area contributed by atoms with Gasteiger partial charge in [-0.25, -0.2) is 0 Å². The molecule has 0 saturated carbocycles. The van der Waals surface area contributed by atoms with E-state index in [0.29, 0.717) is 12.2 Å². The third-order valence-corrected chi connectivity index (χ3v) is 5.35. The maximum absolute atomic E-state index is 12.6. The molecule has 1 aliphatic heterocycles. The van der Waals surface area contributed by atoms with Crippen LogP contribution in [0.2, 0.25) is 0 Å². The van der Waals surface area contributed by atoms with Crippen molar-refractivity contribution in [2.24, 2.45) is 0 Å². The van der Waals surface area contributed by atoms with Gasteiger partial charge >= 0.3 is 0 Å². The van der Waals surface area contributed by atoms with E-state index in [1.54, 1.807) is 12.1 Å². The van der Waals surface area contributed by atoms with E-state index in [4.69, 9.17) is 0 Å². The molecule has 0 radical (unpaired) electrons. The van der Waals surface area contributed by atoms with E-state index in [-0.39, 0.29) is 23.1 Å². The van der Waals surface area contributed by atoms with Crippen molar-refractivity contribution >= 4 is 5.91 Å². The minimum atomic E-state index is -0.374. The summed E-state index contributed by atoms with van der Waals surface area (Å²) < 4.78 is 0. The van der Waals surface area contributed by atoms with Gasteiger partial charge in [-0.2, -0.15) is 0 Å². The Labute approximate surface area is 164 Å². The van der Waals surface area contributed by atoms with E-state index >= 15 is 0 Å². The van der Waals surface area contributed by atoms with Crippen molar-refractivity contribution in [1.29, 1.82) is 0 Å². The van der Waals surface area contributed by atoms with Crippen molar-refractivity contribution in [1.82, 2.24) is 15.2 Å². The van der Waals surface area contributed by atoms with E-state index in [1.165, 1.54) is 11.1 Å². The van der Waals surface area contributed by atoms with Crippen LogP contribution in [0.4, 0.5) is 0 Å². The molecule has 4 rings (SSSR count). The van der Waals surface area contributed by atoms with E-state index in [1.807, 2.05) is 36.4 Å². The molecule has 2 heterocycles. The van der Waals surface area contributed by atoms with Crippen LogP contribution in [-0.2, 0) is 13.0 Å². The van der Waals surface area contributed by atoms with Crippen molar-refractivity contribution in [3.63, 3.8) is 0 Å². The molecule has 1 aliphatic rings. The Balaban J connectivity index is 1.44. The second kappa shape index (κ2) is 7.82. The van der Waals surface area contributed by atoms with Gasteiger partial charge in [0, 0.05) is 24.8 Å². The van der Waals surface area contributed by atoms with E-state index < -0.39 is 0 Å². The fourth-order valence-electron chi connectivity index (χ4n) is 3.69. The number of nitrogens with zero attached hydrogens (tertiary/aromatic N) is 1. The number of hydrogen-bond donors (Lipinski definition) is 2. The van der Waals surface area contributed by atoms with Crippen LogP contribution in [0.25, 0.3) is 11.3 Å². The van der Waals surface area contributed by atoms with Crippen molar-refractivity contribution < 1.29 is 4.79 Å². The van der Waals surface area contributed by atoms with Crippen LogP contribution < -0.4 is 10.9 Å². The third kappa shape index (κ3) is 3.75. The molecule has 0 fully saturated rings. The fourth-order valence-corrected chi connectivity index (χ4v) is 3.69. The number of carbonyl (C=O) groups is 1. The molecular weight excluding hydrogens is 350 g/mol. The van der Waals surface area contributed by atoms with Crippen LogP contribution in [0, 0.1) is 0 Å². The van der Waals surface area contributed by atoms with Crippen LogP contribution in [0.3, 0.4) is 0 Å². The van der Waals surface area contributed by atoms with E-state index in [0.717, 1.165) is 18.5 Å². The first-order valence-corrected chi connectivity index (χ1v) is 9.46. The lowest BCUT2D eigenvalue weighted by atomic mass is 9.94. The van der Waals surface area contributed by atoms with Crippen molar-refractivity contribution in [3.8, 4) is 11.3 Å². The topological polar surface area (TPSA) is 65.2 Å². The second-order valence-corrected chi connectivity index (χ2v) is 7.23. The molecule has 0 bridgehead atoms. The maximum Gasteiger partial charge on any atom is 0.261 e. The molecule has 142 valence electrons. The van der Waals surface area contributed by atoms with Gasteiger partial charge in [0.25, 0.3) is 11.5 Å². The first kappa shape index (κ1) is 18.2. The van der Waals surface area contributed by atoms with Crippen LogP contribution in [0.5, 0.6) is 0 Å². The summed E-state index contributed by atoms with van der Waals surface area (Å²) in [4.78, 5) is 30.0. The van der Waals surface area contributed by atoms with Crippen LogP contribution >= 0.6 is 0 Å². The van der Waals surface area contributed by atoms with Gasteiger partial charge in [-0.05, 0) is 42.3 Å². The molecule has 1 unspecified atom stereocenters. The molecule has 2 aromatic carbocycles. The molecule has 28 heavy (non-hydrogen) atoms. The van der Waals surface area contributed by atoms with Gasteiger partial charge < -0.3 is 10.3 Å². The van der Waals surface area contributed by atoms with Crippen LogP contribution in [0.15, 0.2) is 71.5 Å². The Bertz CT molecular complexity index is 1040. The molecule has 0 aliphatic carbocycles. The summed E-state index contributed by atoms with van der Waals surface area (Å²) in [5.41, 5.74) is 4.03. The summed E-state index contributed by atoms with van der Waals surface area (Å²) in [7, 11) is 2.06. The molecule has 3 aromatic rings. The Morgan fingerprint density at radius 2 is 1.75 bits per heavy atom. The number of carbonyl (C=O) groups excluding carboxylic acids is 1. The number of amides is 1. The zero-order chi connectivity index (χ0) is 19.5. The number of H-pyrrole nitrogens is 1. The highest BCUT2D eigenvalue weighted by atomic mass is 16.2. The van der Waals surface area contributed by atoms with Gasteiger partial charge in [0.2, 0.25) is 0 Å². The van der Waals surface area contributed by atoms with Gasteiger partial charge in [0.1, 0.15) is 5.56 Å². The van der Waals surface area contributed by atoms with Crippen molar-refractivity contribution in [3.05, 3.63) is 93.8 Å². The second-order valence-electron chi connectivity index (χ2n) is 7.23. The molecule has 1 aromatic heterocycles. The zero-order valence-electron chi connectivity index (χ0n) is 15.8. The zero-order valence-corrected chi connectivity index (χ0v) is 15.8. The number of benzene rings is 2.